The van der Waals surface area contributed by atoms with Crippen LogP contribution < -0.4 is 10.2 Å². The summed E-state index contributed by atoms with van der Waals surface area (Å²) < 4.78 is 2.33. The second kappa shape index (κ2) is 8.49. The van der Waals surface area contributed by atoms with Gasteiger partial charge in [0.1, 0.15) is 0 Å². The molecular formula is C28H28N4S. The Hall–Kier alpha value is -3.44. The van der Waals surface area contributed by atoms with E-state index in [0.717, 1.165) is 16.5 Å². The third-order valence-corrected chi connectivity index (χ3v) is 6.81. The van der Waals surface area contributed by atoms with Crippen molar-refractivity contribution in [1.29, 1.82) is 0 Å². The molecular weight excluding hydrogens is 424 g/mol. The number of pyridine rings is 1. The number of aromatic nitrogens is 2. The zero-order chi connectivity index (χ0) is 23.1. The highest BCUT2D eigenvalue weighted by molar-refractivity contribution is 7.80. The molecule has 0 spiro atoms. The number of nitrogens with zero attached hydrogens (tertiary/aromatic N) is 3. The fourth-order valence-corrected chi connectivity index (χ4v) is 5.18. The Balaban J connectivity index is 1.67. The van der Waals surface area contributed by atoms with Crippen LogP contribution in [0.4, 0.5) is 5.69 Å². The van der Waals surface area contributed by atoms with Crippen molar-refractivity contribution in [2.75, 3.05) is 4.90 Å². The molecule has 4 aromatic rings. The lowest BCUT2D eigenvalue weighted by molar-refractivity contribution is 0.565. The second-order valence-corrected chi connectivity index (χ2v) is 9.22. The summed E-state index contributed by atoms with van der Waals surface area (Å²) in [7, 11) is 0. The minimum Gasteiger partial charge on any atom is -0.351 e. The van der Waals surface area contributed by atoms with Crippen molar-refractivity contribution >= 4 is 23.0 Å². The number of aryl methyl sites for hydroxylation is 3. The topological polar surface area (TPSA) is 33.1 Å². The van der Waals surface area contributed by atoms with Gasteiger partial charge in [0.15, 0.2) is 5.11 Å². The summed E-state index contributed by atoms with van der Waals surface area (Å²) in [6.07, 6.45) is 1.85. The highest BCUT2D eigenvalue weighted by Crippen LogP contribution is 2.43. The van der Waals surface area contributed by atoms with Gasteiger partial charge in [0.2, 0.25) is 0 Å². The van der Waals surface area contributed by atoms with Gasteiger partial charge < -0.3 is 14.8 Å². The predicted octanol–water partition coefficient (Wildman–Crippen LogP) is 6.28. The Morgan fingerprint density at radius 3 is 2.06 bits per heavy atom. The fourth-order valence-electron chi connectivity index (χ4n) is 4.83. The van der Waals surface area contributed by atoms with Crippen molar-refractivity contribution in [3.05, 3.63) is 113 Å². The first-order valence-corrected chi connectivity index (χ1v) is 11.7. The van der Waals surface area contributed by atoms with Crippen LogP contribution in [0.1, 0.15) is 45.9 Å². The first-order chi connectivity index (χ1) is 15.9. The van der Waals surface area contributed by atoms with Crippen LogP contribution in [0, 0.1) is 27.7 Å². The van der Waals surface area contributed by atoms with Gasteiger partial charge in [0.25, 0.3) is 0 Å². The molecule has 0 amide bonds. The Morgan fingerprint density at radius 2 is 1.45 bits per heavy atom. The number of rotatable bonds is 4. The average Bonchev–Trinajstić information content (AvgIpc) is 3.31. The largest absolute Gasteiger partial charge is 0.351 e. The van der Waals surface area contributed by atoms with Crippen molar-refractivity contribution in [2.24, 2.45) is 0 Å². The van der Waals surface area contributed by atoms with Crippen molar-refractivity contribution < 1.29 is 0 Å². The lowest BCUT2D eigenvalue weighted by atomic mass is 9.96. The lowest BCUT2D eigenvalue weighted by Crippen LogP contribution is -2.29. The van der Waals surface area contributed by atoms with Gasteiger partial charge in [-0.15, -0.1) is 0 Å². The van der Waals surface area contributed by atoms with Gasteiger partial charge in [-0.3, -0.25) is 4.98 Å². The van der Waals surface area contributed by atoms with E-state index >= 15 is 0 Å². The molecule has 0 bridgehead atoms. The summed E-state index contributed by atoms with van der Waals surface area (Å²) >= 11 is 5.88. The summed E-state index contributed by atoms with van der Waals surface area (Å²) in [5, 5.41) is 4.29. The molecule has 4 nitrogen and oxygen atoms in total. The second-order valence-electron chi connectivity index (χ2n) is 8.83. The van der Waals surface area contributed by atoms with E-state index in [1.54, 1.807) is 0 Å². The van der Waals surface area contributed by atoms with E-state index in [1.165, 1.54) is 33.8 Å². The Bertz CT molecular complexity index is 1290. The quantitative estimate of drug-likeness (QED) is 0.369. The molecule has 0 aliphatic carbocycles. The summed E-state index contributed by atoms with van der Waals surface area (Å²) in [5.74, 6) is 0. The molecule has 33 heavy (non-hydrogen) atoms. The summed E-state index contributed by atoms with van der Waals surface area (Å²) in [4.78, 5) is 6.93. The smallest absolute Gasteiger partial charge is 0.174 e. The summed E-state index contributed by atoms with van der Waals surface area (Å²) in [5.41, 5.74) is 9.39. The third kappa shape index (κ3) is 3.83. The molecule has 1 saturated heterocycles. The Labute approximate surface area is 200 Å². The molecule has 0 unspecified atom stereocenters. The number of hydrogen-bond acceptors (Lipinski definition) is 2. The molecule has 1 aliphatic rings. The van der Waals surface area contributed by atoms with E-state index in [9.17, 15) is 0 Å². The average molecular weight is 453 g/mol. The van der Waals surface area contributed by atoms with Crippen LogP contribution in [-0.2, 0) is 0 Å². The van der Waals surface area contributed by atoms with Crippen molar-refractivity contribution in [2.45, 2.75) is 39.8 Å². The number of nitrogens with one attached hydrogen (secondary N) is 1. The van der Waals surface area contributed by atoms with Gasteiger partial charge in [-0.2, -0.15) is 0 Å². The molecule has 3 heterocycles. The minimum atomic E-state index is -0.0491. The van der Waals surface area contributed by atoms with Crippen LogP contribution in [0.15, 0.2) is 79.0 Å². The molecule has 2 aromatic carbocycles. The van der Waals surface area contributed by atoms with E-state index in [1.807, 2.05) is 18.3 Å². The Morgan fingerprint density at radius 1 is 0.818 bits per heavy atom. The number of hydrogen-bond donors (Lipinski definition) is 1. The van der Waals surface area contributed by atoms with E-state index < -0.39 is 0 Å². The van der Waals surface area contributed by atoms with Gasteiger partial charge >= 0.3 is 0 Å². The maximum absolute atomic E-state index is 5.88. The fraction of sp³-hybridized carbons (Fsp3) is 0.214. The van der Waals surface area contributed by atoms with Gasteiger partial charge in [0, 0.05) is 29.0 Å². The van der Waals surface area contributed by atoms with Gasteiger partial charge in [-0.25, -0.2) is 0 Å². The van der Waals surface area contributed by atoms with Crippen LogP contribution >= 0.6 is 12.2 Å². The summed E-state index contributed by atoms with van der Waals surface area (Å²) in [6.45, 7) is 8.59. The van der Waals surface area contributed by atoms with Crippen molar-refractivity contribution in [1.82, 2.24) is 14.9 Å². The van der Waals surface area contributed by atoms with Gasteiger partial charge in [0.05, 0.1) is 17.8 Å². The summed E-state index contributed by atoms with van der Waals surface area (Å²) in [6, 6.07) is 25.6. The lowest BCUT2D eigenvalue weighted by Gasteiger charge is -2.28. The predicted molar refractivity (Wildman–Crippen MR) is 139 cm³/mol. The molecule has 5 rings (SSSR count). The molecule has 1 aliphatic heterocycles. The van der Waals surface area contributed by atoms with E-state index in [4.69, 9.17) is 12.2 Å². The SMILES string of the molecule is Cc1ccc(N2C(=S)N[C@@H](c3ccccn3)[C@@H]2c2cc(C)n(-c3ccc(C)cc3)c2C)cc1. The standard InChI is InChI=1S/C28H28N4S/c1-18-8-12-22(13-9-18)31-20(3)17-24(21(31)4)27-26(25-7-5-6-16-29-25)30-28(33)32(27)23-14-10-19(2)11-15-23/h5-17,26-27H,1-4H3,(H,30,33)/t26-,27-/m0/s1. The maximum atomic E-state index is 5.88. The van der Waals surface area contributed by atoms with Gasteiger partial charge in [-0.1, -0.05) is 41.5 Å². The van der Waals surface area contributed by atoms with Gasteiger partial charge in [-0.05, 0) is 87.9 Å². The highest BCUT2D eigenvalue weighted by Gasteiger charge is 2.42. The monoisotopic (exact) mass is 452 g/mol. The number of benzene rings is 2. The van der Waals surface area contributed by atoms with Crippen LogP contribution in [0.25, 0.3) is 5.69 Å². The van der Waals surface area contributed by atoms with Crippen molar-refractivity contribution in [3.63, 3.8) is 0 Å². The highest BCUT2D eigenvalue weighted by atomic mass is 32.1. The van der Waals surface area contributed by atoms with E-state index in [0.29, 0.717) is 0 Å². The van der Waals surface area contributed by atoms with E-state index in [2.05, 4.69) is 108 Å². The van der Waals surface area contributed by atoms with Crippen molar-refractivity contribution in [3.8, 4) is 5.69 Å². The first kappa shape index (κ1) is 21.4. The van der Waals surface area contributed by atoms with Crippen LogP contribution in [-0.4, -0.2) is 14.7 Å². The van der Waals surface area contributed by atoms with Crippen LogP contribution in [0.5, 0.6) is 0 Å². The molecule has 5 heteroatoms. The van der Waals surface area contributed by atoms with Crippen LogP contribution in [0.2, 0.25) is 0 Å². The van der Waals surface area contributed by atoms with E-state index in [-0.39, 0.29) is 12.1 Å². The number of anilines is 1. The number of thiocarbonyl (C=S) groups is 1. The molecule has 0 saturated carbocycles. The molecule has 0 radical (unpaired) electrons. The normalized spacial score (nSPS) is 17.9. The zero-order valence-electron chi connectivity index (χ0n) is 19.4. The molecule has 166 valence electrons. The minimum absolute atomic E-state index is 0.0134. The molecule has 2 atom stereocenters. The molecule has 1 N–H and O–H groups in total. The molecule has 2 aromatic heterocycles. The third-order valence-electron chi connectivity index (χ3n) is 6.49. The van der Waals surface area contributed by atoms with Crippen LogP contribution in [0.3, 0.4) is 0 Å². The Kier molecular flexibility index (Phi) is 5.51. The maximum Gasteiger partial charge on any atom is 0.174 e. The first-order valence-electron chi connectivity index (χ1n) is 11.3. The molecule has 1 fully saturated rings. The zero-order valence-corrected chi connectivity index (χ0v) is 20.2.